The van der Waals surface area contributed by atoms with Gasteiger partial charge in [-0.3, -0.25) is 0 Å². The van der Waals surface area contributed by atoms with E-state index in [1.54, 1.807) is 21.8 Å². The first-order chi connectivity index (χ1) is 14.7. The average molecular weight is 396 g/mol. The fourth-order valence-corrected chi connectivity index (χ4v) is 3.65. The van der Waals surface area contributed by atoms with Crippen molar-refractivity contribution < 1.29 is 0 Å². The Labute approximate surface area is 172 Å². The van der Waals surface area contributed by atoms with Crippen molar-refractivity contribution in [2.24, 2.45) is 14.1 Å². The van der Waals surface area contributed by atoms with Crippen LogP contribution in [0, 0.1) is 0 Å². The van der Waals surface area contributed by atoms with Crippen LogP contribution >= 0.6 is 0 Å². The summed E-state index contributed by atoms with van der Waals surface area (Å²) in [4.78, 5) is 0. The summed E-state index contributed by atoms with van der Waals surface area (Å²) in [6.45, 7) is 0. The molecule has 0 saturated carbocycles. The number of aromatic nitrogens is 8. The summed E-state index contributed by atoms with van der Waals surface area (Å²) < 4.78 is 7.73. The lowest BCUT2D eigenvalue weighted by atomic mass is 10.2. The molecule has 0 N–H and O–H groups in total. The summed E-state index contributed by atoms with van der Waals surface area (Å²) >= 11 is 0. The Bertz CT molecular complexity index is 1290. The second-order valence-corrected chi connectivity index (χ2v) is 6.94. The van der Waals surface area contributed by atoms with E-state index in [9.17, 15) is 0 Å². The van der Waals surface area contributed by atoms with E-state index < -0.39 is 0 Å². The Balaban J connectivity index is 0.000000128. The molecule has 0 atom stereocenters. The van der Waals surface area contributed by atoms with E-state index in [2.05, 4.69) is 66.2 Å². The van der Waals surface area contributed by atoms with Gasteiger partial charge in [-0.25, -0.2) is 9.36 Å². The van der Waals surface area contributed by atoms with Gasteiger partial charge >= 0.3 is 0 Å². The van der Waals surface area contributed by atoms with Gasteiger partial charge in [-0.1, -0.05) is 46.8 Å². The van der Waals surface area contributed by atoms with Gasteiger partial charge in [-0.2, -0.15) is 0 Å². The minimum Gasteiger partial charge on any atom is -0.329 e. The van der Waals surface area contributed by atoms with Crippen LogP contribution in [0.2, 0.25) is 0 Å². The third-order valence-corrected chi connectivity index (χ3v) is 5.17. The fourth-order valence-electron chi connectivity index (χ4n) is 3.65. The van der Waals surface area contributed by atoms with Crippen LogP contribution in [0.25, 0.3) is 33.4 Å². The average Bonchev–Trinajstić information content (AvgIpc) is 3.56. The number of hydrogen-bond donors (Lipinski definition) is 0. The SMILES string of the molecule is Cn1c(-n2ccnn2)cc2ccccc21.Cn1c(-n2ccnn2)cc2ccccc21. The molecule has 4 aromatic heterocycles. The summed E-state index contributed by atoms with van der Waals surface area (Å²) in [5.74, 6) is 2.04. The molecule has 6 rings (SSSR count). The standard InChI is InChI=1S/2C11H10N4/c2*1-14-10-5-3-2-4-9(10)8-11(14)15-7-6-12-13-15/h2*2-8H,1H3. The lowest BCUT2D eigenvalue weighted by Gasteiger charge is -2.01. The van der Waals surface area contributed by atoms with Gasteiger partial charge < -0.3 is 9.13 Å². The molecule has 0 spiro atoms. The Morgan fingerprint density at radius 1 is 0.600 bits per heavy atom. The van der Waals surface area contributed by atoms with E-state index >= 15 is 0 Å². The molecule has 0 aliphatic rings. The van der Waals surface area contributed by atoms with Crippen molar-refractivity contribution in [3.05, 3.63) is 85.5 Å². The van der Waals surface area contributed by atoms with Crippen LogP contribution in [0.1, 0.15) is 0 Å². The zero-order valence-electron chi connectivity index (χ0n) is 16.7. The van der Waals surface area contributed by atoms with Gasteiger partial charge in [0, 0.05) is 35.9 Å². The van der Waals surface area contributed by atoms with Gasteiger partial charge in [0.05, 0.1) is 24.8 Å². The van der Waals surface area contributed by atoms with E-state index in [0.29, 0.717) is 0 Å². The maximum Gasteiger partial charge on any atom is 0.136 e. The maximum atomic E-state index is 3.99. The number of hydrogen-bond acceptors (Lipinski definition) is 4. The zero-order chi connectivity index (χ0) is 20.5. The molecular formula is C22H20N8. The van der Waals surface area contributed by atoms with E-state index in [0.717, 1.165) is 11.6 Å². The maximum absolute atomic E-state index is 3.99. The van der Waals surface area contributed by atoms with Gasteiger partial charge in [0.25, 0.3) is 0 Å². The molecule has 30 heavy (non-hydrogen) atoms. The van der Waals surface area contributed by atoms with Gasteiger partial charge in [0.2, 0.25) is 0 Å². The van der Waals surface area contributed by atoms with E-state index in [1.807, 2.05) is 50.8 Å². The molecule has 4 heterocycles. The Kier molecular flexibility index (Phi) is 4.36. The largest absolute Gasteiger partial charge is 0.329 e. The van der Waals surface area contributed by atoms with Crippen molar-refractivity contribution in [2.75, 3.05) is 0 Å². The molecule has 0 bridgehead atoms. The Morgan fingerprint density at radius 3 is 1.40 bits per heavy atom. The van der Waals surface area contributed by atoms with E-state index in [1.165, 1.54) is 21.8 Å². The fraction of sp³-hybridized carbons (Fsp3) is 0.0909. The second kappa shape index (κ2) is 7.32. The lowest BCUT2D eigenvalue weighted by molar-refractivity contribution is 0.745. The summed E-state index contributed by atoms with van der Waals surface area (Å²) in [5, 5.41) is 18.0. The quantitative estimate of drug-likeness (QED) is 0.449. The van der Waals surface area contributed by atoms with Crippen LogP contribution in [0.4, 0.5) is 0 Å². The number of fused-ring (bicyclic) bond motifs is 2. The van der Waals surface area contributed by atoms with Gasteiger partial charge in [-0.15, -0.1) is 10.2 Å². The molecule has 6 aromatic rings. The molecule has 8 heteroatoms. The highest BCUT2D eigenvalue weighted by atomic mass is 15.4. The van der Waals surface area contributed by atoms with Crippen LogP contribution in [-0.2, 0) is 14.1 Å². The molecule has 8 nitrogen and oxygen atoms in total. The monoisotopic (exact) mass is 396 g/mol. The summed E-state index contributed by atoms with van der Waals surface area (Å²) in [7, 11) is 4.05. The van der Waals surface area contributed by atoms with Gasteiger partial charge in [0.15, 0.2) is 0 Å². The van der Waals surface area contributed by atoms with Crippen molar-refractivity contribution in [1.82, 2.24) is 39.1 Å². The Hall–Kier alpha value is -4.20. The van der Waals surface area contributed by atoms with E-state index in [-0.39, 0.29) is 0 Å². The third-order valence-electron chi connectivity index (χ3n) is 5.17. The first-order valence-electron chi connectivity index (χ1n) is 9.54. The zero-order valence-corrected chi connectivity index (χ0v) is 16.7. The smallest absolute Gasteiger partial charge is 0.136 e. The predicted octanol–water partition coefficient (Wildman–Crippen LogP) is 3.52. The van der Waals surface area contributed by atoms with E-state index in [4.69, 9.17) is 0 Å². The van der Waals surface area contributed by atoms with Crippen LogP contribution in [0.3, 0.4) is 0 Å². The van der Waals surface area contributed by atoms with Crippen LogP contribution in [0.15, 0.2) is 85.5 Å². The van der Waals surface area contributed by atoms with Crippen molar-refractivity contribution in [1.29, 1.82) is 0 Å². The number of benzene rings is 2. The lowest BCUT2D eigenvalue weighted by Crippen LogP contribution is -2.01. The van der Waals surface area contributed by atoms with Crippen molar-refractivity contribution >= 4 is 21.8 Å². The summed E-state index contributed by atoms with van der Waals surface area (Å²) in [6, 6.07) is 20.7. The third kappa shape index (κ3) is 3.04. The first-order valence-corrected chi connectivity index (χ1v) is 9.54. The highest BCUT2D eigenvalue weighted by Crippen LogP contribution is 2.21. The molecule has 0 saturated heterocycles. The highest BCUT2D eigenvalue weighted by Gasteiger charge is 2.07. The molecule has 0 amide bonds. The molecular weight excluding hydrogens is 376 g/mol. The molecule has 148 valence electrons. The highest BCUT2D eigenvalue weighted by molar-refractivity contribution is 5.83. The van der Waals surface area contributed by atoms with Gasteiger partial charge in [-0.05, 0) is 24.3 Å². The molecule has 2 aromatic carbocycles. The van der Waals surface area contributed by atoms with Crippen LogP contribution in [-0.4, -0.2) is 39.1 Å². The van der Waals surface area contributed by atoms with Crippen LogP contribution in [0.5, 0.6) is 0 Å². The Morgan fingerprint density at radius 2 is 1.03 bits per heavy atom. The summed E-state index contributed by atoms with van der Waals surface area (Å²) in [5.41, 5.74) is 2.39. The minimum atomic E-state index is 1.02. The molecule has 0 aliphatic heterocycles. The normalized spacial score (nSPS) is 11.0. The minimum absolute atomic E-state index is 1.02. The second-order valence-electron chi connectivity index (χ2n) is 6.94. The molecule has 0 fully saturated rings. The van der Waals surface area contributed by atoms with Crippen molar-refractivity contribution in [3.8, 4) is 11.6 Å². The predicted molar refractivity (Wildman–Crippen MR) is 116 cm³/mol. The molecule has 0 aliphatic carbocycles. The number of para-hydroxylation sites is 2. The van der Waals surface area contributed by atoms with Gasteiger partial charge in [0.1, 0.15) is 11.6 Å². The number of aryl methyl sites for hydroxylation is 2. The first kappa shape index (κ1) is 17.9. The van der Waals surface area contributed by atoms with Crippen molar-refractivity contribution in [3.63, 3.8) is 0 Å². The summed E-state index contributed by atoms with van der Waals surface area (Å²) in [6.07, 6.45) is 7.04. The van der Waals surface area contributed by atoms with Crippen molar-refractivity contribution in [2.45, 2.75) is 0 Å². The molecule has 0 radical (unpaired) electrons. The molecule has 0 unspecified atom stereocenters. The van der Waals surface area contributed by atoms with Crippen LogP contribution < -0.4 is 0 Å². The number of nitrogens with zero attached hydrogens (tertiary/aromatic N) is 8. The topological polar surface area (TPSA) is 71.3 Å². The number of rotatable bonds is 2.